The highest BCUT2D eigenvalue weighted by molar-refractivity contribution is 4.88. The summed E-state index contributed by atoms with van der Waals surface area (Å²) in [6.45, 7) is 7.28. The Kier molecular flexibility index (Phi) is 3.92. The molecule has 0 spiro atoms. The first kappa shape index (κ1) is 11.6. The summed E-state index contributed by atoms with van der Waals surface area (Å²) in [6.07, 6.45) is 11.3. The average Bonchev–Trinajstić information content (AvgIpc) is 2.30. The summed E-state index contributed by atoms with van der Waals surface area (Å²) in [7, 11) is 0. The van der Waals surface area contributed by atoms with Crippen LogP contribution in [0.1, 0.15) is 38.5 Å². The standard InChI is InChI=1S/C14H22O2/c1-3-15-13-7-5-12-10-14(16-4-2)8-6-11(12)9-13/h3-4,11-14H,1-2,5-10H2. The van der Waals surface area contributed by atoms with Crippen LogP contribution in [0.3, 0.4) is 0 Å². The third kappa shape index (κ3) is 2.60. The Hall–Kier alpha value is -0.920. The van der Waals surface area contributed by atoms with Crippen molar-refractivity contribution in [2.75, 3.05) is 0 Å². The first-order valence-electron chi connectivity index (χ1n) is 6.36. The van der Waals surface area contributed by atoms with Crippen molar-refractivity contribution in [3.63, 3.8) is 0 Å². The molecular weight excluding hydrogens is 200 g/mol. The van der Waals surface area contributed by atoms with E-state index in [0.29, 0.717) is 12.2 Å². The van der Waals surface area contributed by atoms with Crippen LogP contribution in [0.2, 0.25) is 0 Å². The molecule has 0 aromatic carbocycles. The molecule has 0 heterocycles. The van der Waals surface area contributed by atoms with E-state index in [9.17, 15) is 0 Å². The monoisotopic (exact) mass is 222 g/mol. The van der Waals surface area contributed by atoms with E-state index in [-0.39, 0.29) is 0 Å². The lowest BCUT2D eigenvalue weighted by Gasteiger charge is -2.41. The Balaban J connectivity index is 1.84. The zero-order valence-corrected chi connectivity index (χ0v) is 9.94. The molecule has 0 bridgehead atoms. The number of fused-ring (bicyclic) bond motifs is 1. The Morgan fingerprint density at radius 2 is 1.19 bits per heavy atom. The van der Waals surface area contributed by atoms with Gasteiger partial charge in [-0.15, -0.1) is 0 Å². The van der Waals surface area contributed by atoms with Gasteiger partial charge in [0.15, 0.2) is 0 Å². The van der Waals surface area contributed by atoms with Gasteiger partial charge in [-0.05, 0) is 50.4 Å². The molecule has 0 amide bonds. The van der Waals surface area contributed by atoms with Crippen LogP contribution in [0.4, 0.5) is 0 Å². The number of hydrogen-bond acceptors (Lipinski definition) is 2. The largest absolute Gasteiger partial charge is 0.499 e. The van der Waals surface area contributed by atoms with Gasteiger partial charge in [0, 0.05) is 0 Å². The average molecular weight is 222 g/mol. The SMILES string of the molecule is C=COC1CCC2CC(OC=C)CCC2C1. The summed E-state index contributed by atoms with van der Waals surface area (Å²) in [5.41, 5.74) is 0. The molecule has 16 heavy (non-hydrogen) atoms. The number of rotatable bonds is 4. The summed E-state index contributed by atoms with van der Waals surface area (Å²) in [5.74, 6) is 1.67. The minimum Gasteiger partial charge on any atom is -0.499 e. The fourth-order valence-electron chi connectivity index (χ4n) is 3.32. The highest BCUT2D eigenvalue weighted by Gasteiger charge is 2.36. The summed E-state index contributed by atoms with van der Waals surface area (Å²) in [6, 6.07) is 0. The third-order valence-electron chi connectivity index (χ3n) is 4.09. The molecule has 0 radical (unpaired) electrons. The smallest absolute Gasteiger partial charge is 0.0981 e. The molecule has 2 aliphatic carbocycles. The van der Waals surface area contributed by atoms with Gasteiger partial charge in [-0.3, -0.25) is 0 Å². The summed E-state index contributed by atoms with van der Waals surface area (Å²) in [5, 5.41) is 0. The van der Waals surface area contributed by atoms with Gasteiger partial charge >= 0.3 is 0 Å². The maximum Gasteiger partial charge on any atom is 0.0981 e. The minimum atomic E-state index is 0.413. The molecule has 90 valence electrons. The molecule has 0 N–H and O–H groups in total. The maximum atomic E-state index is 5.52. The molecule has 2 aliphatic rings. The van der Waals surface area contributed by atoms with Crippen LogP contribution < -0.4 is 0 Å². The van der Waals surface area contributed by atoms with E-state index in [2.05, 4.69) is 13.2 Å². The summed E-state index contributed by atoms with van der Waals surface area (Å²) < 4.78 is 11.0. The van der Waals surface area contributed by atoms with Crippen LogP contribution in [0.5, 0.6) is 0 Å². The number of hydrogen-bond donors (Lipinski definition) is 0. The summed E-state index contributed by atoms with van der Waals surface area (Å²) in [4.78, 5) is 0. The van der Waals surface area contributed by atoms with Crippen molar-refractivity contribution in [3.8, 4) is 0 Å². The van der Waals surface area contributed by atoms with Gasteiger partial charge in [-0.25, -0.2) is 0 Å². The van der Waals surface area contributed by atoms with Crippen LogP contribution in [-0.4, -0.2) is 12.2 Å². The van der Waals surface area contributed by atoms with Crippen molar-refractivity contribution in [2.24, 2.45) is 11.8 Å². The van der Waals surface area contributed by atoms with E-state index < -0.39 is 0 Å². The third-order valence-corrected chi connectivity index (χ3v) is 4.09. The van der Waals surface area contributed by atoms with E-state index in [1.807, 2.05) is 0 Å². The molecule has 0 saturated heterocycles. The zero-order valence-electron chi connectivity index (χ0n) is 9.94. The molecule has 4 unspecified atom stereocenters. The molecule has 0 aliphatic heterocycles. The molecular formula is C14H22O2. The lowest BCUT2D eigenvalue weighted by molar-refractivity contribution is -0.00531. The van der Waals surface area contributed by atoms with Crippen molar-refractivity contribution in [2.45, 2.75) is 50.7 Å². The van der Waals surface area contributed by atoms with Crippen molar-refractivity contribution < 1.29 is 9.47 Å². The zero-order chi connectivity index (χ0) is 11.4. The second kappa shape index (κ2) is 5.42. The highest BCUT2D eigenvalue weighted by atomic mass is 16.5. The van der Waals surface area contributed by atoms with Gasteiger partial charge in [0.25, 0.3) is 0 Å². The molecule has 0 aromatic heterocycles. The van der Waals surface area contributed by atoms with Crippen molar-refractivity contribution >= 4 is 0 Å². The molecule has 2 fully saturated rings. The Labute approximate surface area is 98.3 Å². The van der Waals surface area contributed by atoms with Crippen molar-refractivity contribution in [1.29, 1.82) is 0 Å². The lowest BCUT2D eigenvalue weighted by atomic mass is 9.69. The maximum absolute atomic E-state index is 5.52. The second-order valence-corrected chi connectivity index (χ2v) is 5.00. The second-order valence-electron chi connectivity index (χ2n) is 5.00. The predicted molar refractivity (Wildman–Crippen MR) is 64.8 cm³/mol. The highest BCUT2D eigenvalue weighted by Crippen LogP contribution is 2.42. The van der Waals surface area contributed by atoms with Gasteiger partial charge in [0.1, 0.15) is 0 Å². The molecule has 4 atom stereocenters. The Morgan fingerprint density at radius 1 is 0.750 bits per heavy atom. The summed E-state index contributed by atoms with van der Waals surface area (Å²) >= 11 is 0. The first-order valence-corrected chi connectivity index (χ1v) is 6.36. The Morgan fingerprint density at radius 3 is 1.56 bits per heavy atom. The van der Waals surface area contributed by atoms with E-state index in [4.69, 9.17) is 9.47 Å². The molecule has 2 nitrogen and oxygen atoms in total. The minimum absolute atomic E-state index is 0.413. The lowest BCUT2D eigenvalue weighted by Crippen LogP contribution is -2.35. The van der Waals surface area contributed by atoms with E-state index in [0.717, 1.165) is 11.8 Å². The van der Waals surface area contributed by atoms with Crippen LogP contribution >= 0.6 is 0 Å². The van der Waals surface area contributed by atoms with Crippen LogP contribution in [0.15, 0.2) is 25.7 Å². The van der Waals surface area contributed by atoms with Gasteiger partial charge in [0.2, 0.25) is 0 Å². The van der Waals surface area contributed by atoms with E-state index in [1.54, 1.807) is 12.5 Å². The predicted octanol–water partition coefficient (Wildman–Crippen LogP) is 3.64. The van der Waals surface area contributed by atoms with Crippen molar-refractivity contribution in [3.05, 3.63) is 25.7 Å². The molecule has 2 heteroatoms. The van der Waals surface area contributed by atoms with Gasteiger partial charge in [0.05, 0.1) is 24.7 Å². The van der Waals surface area contributed by atoms with Gasteiger partial charge < -0.3 is 9.47 Å². The normalized spacial score (nSPS) is 38.2. The van der Waals surface area contributed by atoms with Gasteiger partial charge in [-0.2, -0.15) is 0 Å². The van der Waals surface area contributed by atoms with Crippen molar-refractivity contribution in [1.82, 2.24) is 0 Å². The quantitative estimate of drug-likeness (QED) is 0.676. The first-order chi connectivity index (χ1) is 7.83. The molecule has 0 aromatic rings. The van der Waals surface area contributed by atoms with E-state index in [1.165, 1.54) is 38.5 Å². The van der Waals surface area contributed by atoms with Crippen LogP contribution in [0, 0.1) is 11.8 Å². The van der Waals surface area contributed by atoms with Crippen LogP contribution in [0.25, 0.3) is 0 Å². The molecule has 2 rings (SSSR count). The Bertz CT molecular complexity index is 223. The topological polar surface area (TPSA) is 18.5 Å². The number of ether oxygens (including phenoxy) is 2. The van der Waals surface area contributed by atoms with Gasteiger partial charge in [-0.1, -0.05) is 13.2 Å². The molecule has 2 saturated carbocycles. The van der Waals surface area contributed by atoms with Crippen LogP contribution in [-0.2, 0) is 9.47 Å². The fourth-order valence-corrected chi connectivity index (χ4v) is 3.32. The fraction of sp³-hybridized carbons (Fsp3) is 0.714. The van der Waals surface area contributed by atoms with E-state index >= 15 is 0 Å².